The third-order valence-corrected chi connectivity index (χ3v) is 6.20. The van der Waals surface area contributed by atoms with E-state index in [1.54, 1.807) is 27.7 Å². The number of hydrogen-bond acceptors (Lipinski definition) is 8. The highest BCUT2D eigenvalue weighted by Crippen LogP contribution is 2.42. The molecule has 8 heteroatoms. The molecule has 0 aliphatic rings. The SMILES string of the molecule is CCOC(=O)C(CC(c1ccccc1)C(CC(C(=O)OCC)C(=O)OCC)c1ccccc1)C(=O)OCC. The van der Waals surface area contributed by atoms with Crippen molar-refractivity contribution in [1.82, 2.24) is 0 Å². The van der Waals surface area contributed by atoms with Crippen molar-refractivity contribution in [3.8, 4) is 0 Å². The summed E-state index contributed by atoms with van der Waals surface area (Å²) >= 11 is 0. The van der Waals surface area contributed by atoms with Gasteiger partial charge in [-0.05, 0) is 63.5 Å². The maximum absolute atomic E-state index is 12.9. The van der Waals surface area contributed by atoms with Crippen LogP contribution in [0.5, 0.6) is 0 Å². The minimum atomic E-state index is -1.19. The predicted molar refractivity (Wildman–Crippen MR) is 141 cm³/mol. The summed E-state index contributed by atoms with van der Waals surface area (Å²) in [6, 6.07) is 18.8. The molecule has 0 saturated heterocycles. The molecule has 0 radical (unpaired) electrons. The van der Waals surface area contributed by atoms with E-state index >= 15 is 0 Å². The smallest absolute Gasteiger partial charge is 0.320 e. The van der Waals surface area contributed by atoms with E-state index in [1.165, 1.54) is 0 Å². The van der Waals surface area contributed by atoms with Crippen LogP contribution in [0.25, 0.3) is 0 Å². The third kappa shape index (κ3) is 8.71. The van der Waals surface area contributed by atoms with Gasteiger partial charge < -0.3 is 18.9 Å². The van der Waals surface area contributed by atoms with Crippen molar-refractivity contribution in [2.75, 3.05) is 26.4 Å². The van der Waals surface area contributed by atoms with Gasteiger partial charge in [0.2, 0.25) is 0 Å². The van der Waals surface area contributed by atoms with Gasteiger partial charge >= 0.3 is 23.9 Å². The molecular weight excluding hydrogens is 488 g/mol. The molecule has 206 valence electrons. The van der Waals surface area contributed by atoms with Crippen LogP contribution in [0.3, 0.4) is 0 Å². The van der Waals surface area contributed by atoms with Crippen LogP contribution in [0.4, 0.5) is 0 Å². The Morgan fingerprint density at radius 1 is 0.500 bits per heavy atom. The maximum atomic E-state index is 12.9. The van der Waals surface area contributed by atoms with Gasteiger partial charge in [-0.15, -0.1) is 0 Å². The molecule has 0 aliphatic carbocycles. The zero-order valence-electron chi connectivity index (χ0n) is 22.6. The maximum Gasteiger partial charge on any atom is 0.320 e. The van der Waals surface area contributed by atoms with Gasteiger partial charge in [0.1, 0.15) is 0 Å². The van der Waals surface area contributed by atoms with E-state index in [0.29, 0.717) is 0 Å². The quantitative estimate of drug-likeness (QED) is 0.185. The van der Waals surface area contributed by atoms with Gasteiger partial charge in [-0.2, -0.15) is 0 Å². The van der Waals surface area contributed by atoms with Gasteiger partial charge in [-0.3, -0.25) is 19.2 Å². The monoisotopic (exact) mass is 526 g/mol. The third-order valence-electron chi connectivity index (χ3n) is 6.20. The molecule has 0 heterocycles. The van der Waals surface area contributed by atoms with Crippen molar-refractivity contribution < 1.29 is 38.1 Å². The average molecular weight is 527 g/mol. The number of carbonyl (C=O) groups is 4. The van der Waals surface area contributed by atoms with E-state index < -0.39 is 47.5 Å². The van der Waals surface area contributed by atoms with E-state index in [1.807, 2.05) is 60.7 Å². The highest BCUT2D eigenvalue weighted by atomic mass is 16.6. The molecule has 2 atom stereocenters. The first-order valence-corrected chi connectivity index (χ1v) is 13.1. The van der Waals surface area contributed by atoms with E-state index in [9.17, 15) is 19.2 Å². The van der Waals surface area contributed by atoms with Gasteiger partial charge in [0.15, 0.2) is 11.8 Å². The Hall–Kier alpha value is -3.68. The summed E-state index contributed by atoms with van der Waals surface area (Å²) in [5.74, 6) is -5.98. The van der Waals surface area contributed by atoms with E-state index in [4.69, 9.17) is 18.9 Å². The predicted octanol–water partition coefficient (Wildman–Crippen LogP) is 4.82. The van der Waals surface area contributed by atoms with Crippen LogP contribution < -0.4 is 0 Å². The number of benzene rings is 2. The molecule has 2 aromatic rings. The first-order chi connectivity index (χ1) is 18.4. The number of esters is 4. The van der Waals surface area contributed by atoms with Crippen molar-refractivity contribution in [1.29, 1.82) is 0 Å². The molecule has 2 unspecified atom stereocenters. The fourth-order valence-corrected chi connectivity index (χ4v) is 4.52. The van der Waals surface area contributed by atoms with Crippen molar-refractivity contribution in [3.05, 3.63) is 71.8 Å². The van der Waals surface area contributed by atoms with Gasteiger partial charge in [-0.1, -0.05) is 60.7 Å². The molecular formula is C30H38O8. The summed E-state index contributed by atoms with van der Waals surface area (Å²) < 4.78 is 20.9. The summed E-state index contributed by atoms with van der Waals surface area (Å²) in [4.78, 5) is 51.7. The lowest BCUT2D eigenvalue weighted by atomic mass is 9.72. The highest BCUT2D eigenvalue weighted by Gasteiger charge is 2.40. The topological polar surface area (TPSA) is 105 Å². The summed E-state index contributed by atoms with van der Waals surface area (Å²) in [6.45, 7) is 7.13. The fourth-order valence-electron chi connectivity index (χ4n) is 4.52. The molecule has 0 saturated carbocycles. The zero-order chi connectivity index (χ0) is 27.9. The second-order valence-corrected chi connectivity index (χ2v) is 8.62. The van der Waals surface area contributed by atoms with Gasteiger partial charge in [0, 0.05) is 0 Å². The van der Waals surface area contributed by atoms with Crippen molar-refractivity contribution in [2.24, 2.45) is 11.8 Å². The number of hydrogen-bond donors (Lipinski definition) is 0. The fraction of sp³-hybridized carbons (Fsp3) is 0.467. The Morgan fingerprint density at radius 3 is 1.00 bits per heavy atom. The van der Waals surface area contributed by atoms with Crippen LogP contribution in [0.15, 0.2) is 60.7 Å². The van der Waals surface area contributed by atoms with Crippen molar-refractivity contribution in [3.63, 3.8) is 0 Å². The molecule has 0 spiro atoms. The zero-order valence-corrected chi connectivity index (χ0v) is 22.6. The van der Waals surface area contributed by atoms with E-state index in [0.717, 1.165) is 11.1 Å². The van der Waals surface area contributed by atoms with Crippen LogP contribution >= 0.6 is 0 Å². The first-order valence-electron chi connectivity index (χ1n) is 13.1. The lowest BCUT2D eigenvalue weighted by molar-refractivity contribution is -0.164. The molecule has 38 heavy (non-hydrogen) atoms. The average Bonchev–Trinajstić information content (AvgIpc) is 2.92. The Labute approximate surface area is 224 Å². The van der Waals surface area contributed by atoms with Crippen LogP contribution in [0.1, 0.15) is 63.5 Å². The lowest BCUT2D eigenvalue weighted by Crippen LogP contribution is -2.34. The lowest BCUT2D eigenvalue weighted by Gasteiger charge is -2.32. The number of rotatable bonds is 15. The molecule has 0 fully saturated rings. The molecule has 0 bridgehead atoms. The second kappa shape index (κ2) is 16.2. The van der Waals surface area contributed by atoms with Crippen LogP contribution in [-0.4, -0.2) is 50.3 Å². The molecule has 2 rings (SSSR count). The van der Waals surface area contributed by atoms with Crippen LogP contribution in [0.2, 0.25) is 0 Å². The molecule has 0 amide bonds. The Morgan fingerprint density at radius 2 is 0.763 bits per heavy atom. The molecule has 0 N–H and O–H groups in total. The summed E-state index contributed by atoms with van der Waals surface area (Å²) in [6.07, 6.45) is 0.110. The molecule has 0 aliphatic heterocycles. The normalized spacial score (nSPS) is 12.5. The van der Waals surface area contributed by atoms with Gasteiger partial charge in [0.25, 0.3) is 0 Å². The van der Waals surface area contributed by atoms with Gasteiger partial charge in [-0.25, -0.2) is 0 Å². The number of carbonyl (C=O) groups excluding carboxylic acids is 4. The summed E-state index contributed by atoms with van der Waals surface area (Å²) in [7, 11) is 0. The van der Waals surface area contributed by atoms with Crippen molar-refractivity contribution in [2.45, 2.75) is 52.4 Å². The molecule has 0 aromatic heterocycles. The minimum Gasteiger partial charge on any atom is -0.465 e. The summed E-state index contributed by atoms with van der Waals surface area (Å²) in [5, 5.41) is 0. The Balaban J connectivity index is 2.64. The minimum absolute atomic E-state index is 0.0552. The summed E-state index contributed by atoms with van der Waals surface area (Å²) in [5.41, 5.74) is 1.68. The Bertz CT molecular complexity index is 902. The van der Waals surface area contributed by atoms with Crippen molar-refractivity contribution >= 4 is 23.9 Å². The molecule has 8 nitrogen and oxygen atoms in total. The van der Waals surface area contributed by atoms with E-state index in [2.05, 4.69) is 0 Å². The first kappa shape index (κ1) is 30.5. The van der Waals surface area contributed by atoms with Crippen LogP contribution in [0, 0.1) is 11.8 Å². The number of ether oxygens (including phenoxy) is 4. The second-order valence-electron chi connectivity index (χ2n) is 8.62. The standard InChI is InChI=1S/C30H38O8/c1-5-35-27(31)25(28(32)36-6-2)19-23(21-15-11-9-12-16-21)24(22-17-13-10-14-18-22)20-26(29(33)37-7-3)30(34)38-8-4/h9-18,23-26H,5-8,19-20H2,1-4H3. The largest absolute Gasteiger partial charge is 0.465 e. The van der Waals surface area contributed by atoms with E-state index in [-0.39, 0.29) is 39.3 Å². The van der Waals surface area contributed by atoms with Crippen LogP contribution in [-0.2, 0) is 38.1 Å². The molecule has 2 aromatic carbocycles. The Kier molecular flexibility index (Phi) is 13.0. The highest BCUT2D eigenvalue weighted by molar-refractivity contribution is 5.95. The van der Waals surface area contributed by atoms with Gasteiger partial charge in [0.05, 0.1) is 26.4 Å².